The number of nitrogens with one attached hydrogen (secondary N) is 1. The second kappa shape index (κ2) is 6.46. The number of allylic oxidation sites excluding steroid dienone is 3. The number of carbonyl (C=O) groups excluding carboxylic acids is 2. The smallest absolute Gasteiger partial charge is 0.336 e. The molecule has 0 saturated carbocycles. The van der Waals surface area contributed by atoms with Gasteiger partial charge in [0.05, 0.1) is 12.7 Å². The van der Waals surface area contributed by atoms with E-state index in [2.05, 4.69) is 21.2 Å². The maximum atomic E-state index is 12.8. The van der Waals surface area contributed by atoms with Crippen molar-refractivity contribution in [1.82, 2.24) is 5.32 Å². The number of rotatable bonds is 2. The molecule has 1 N–H and O–H groups in total. The number of dihydropyridines is 1. The number of benzene rings is 1. The molecule has 6 nitrogen and oxygen atoms in total. The van der Waals surface area contributed by atoms with Gasteiger partial charge in [0, 0.05) is 33.8 Å². The van der Waals surface area contributed by atoms with Crippen LogP contribution in [0.25, 0.3) is 0 Å². The summed E-state index contributed by atoms with van der Waals surface area (Å²) in [5.74, 6) is 0.347. The van der Waals surface area contributed by atoms with Gasteiger partial charge in [-0.05, 0) is 37.5 Å². The van der Waals surface area contributed by atoms with E-state index in [9.17, 15) is 9.59 Å². The number of ether oxygens (including phenoxy) is 3. The molecular weight excluding hydrogens is 402 g/mol. The van der Waals surface area contributed by atoms with Crippen LogP contribution in [0.5, 0.6) is 11.5 Å². The molecule has 2 heterocycles. The van der Waals surface area contributed by atoms with Gasteiger partial charge in [-0.1, -0.05) is 15.9 Å². The van der Waals surface area contributed by atoms with Crippen molar-refractivity contribution >= 4 is 27.7 Å². The molecule has 2 aliphatic heterocycles. The highest BCUT2D eigenvalue weighted by Gasteiger charge is 2.40. The Labute approximate surface area is 159 Å². The molecule has 0 amide bonds. The third-order valence-electron chi connectivity index (χ3n) is 4.98. The normalized spacial score (nSPS) is 21.5. The third-order valence-corrected chi connectivity index (χ3v) is 5.67. The van der Waals surface area contributed by atoms with Gasteiger partial charge < -0.3 is 19.5 Å². The molecule has 7 heteroatoms. The number of ketones is 1. The van der Waals surface area contributed by atoms with Gasteiger partial charge in [0.15, 0.2) is 17.3 Å². The number of Topliss-reactive ketones (excluding diaryl/α,β-unsaturated/α-hetero) is 1. The van der Waals surface area contributed by atoms with E-state index in [4.69, 9.17) is 14.2 Å². The van der Waals surface area contributed by atoms with Crippen LogP contribution in [-0.4, -0.2) is 25.7 Å². The lowest BCUT2D eigenvalue weighted by Gasteiger charge is -2.34. The summed E-state index contributed by atoms with van der Waals surface area (Å²) in [5.41, 5.74) is 3.47. The largest absolute Gasteiger partial charge is 0.466 e. The SMILES string of the molecule is COC(=O)C1=C(C)NC2=C(C(=O)CCC2)[C@@H]1c1cc2c(cc1Br)OCO2. The van der Waals surface area contributed by atoms with Crippen molar-refractivity contribution in [3.8, 4) is 11.5 Å². The summed E-state index contributed by atoms with van der Waals surface area (Å²) >= 11 is 3.58. The van der Waals surface area contributed by atoms with Crippen LogP contribution in [0.2, 0.25) is 0 Å². The lowest BCUT2D eigenvalue weighted by atomic mass is 9.75. The number of esters is 1. The summed E-state index contributed by atoms with van der Waals surface area (Å²) in [6.45, 7) is 1.99. The van der Waals surface area contributed by atoms with Crippen molar-refractivity contribution in [3.05, 3.63) is 44.7 Å². The van der Waals surface area contributed by atoms with E-state index in [1.165, 1.54) is 7.11 Å². The first kappa shape index (κ1) is 17.1. The Morgan fingerprint density at radius 3 is 2.73 bits per heavy atom. The van der Waals surface area contributed by atoms with Gasteiger partial charge >= 0.3 is 5.97 Å². The van der Waals surface area contributed by atoms with E-state index in [0.29, 0.717) is 34.8 Å². The molecule has 1 aromatic carbocycles. The highest BCUT2D eigenvalue weighted by atomic mass is 79.9. The maximum absolute atomic E-state index is 12.8. The molecule has 0 unspecified atom stereocenters. The minimum Gasteiger partial charge on any atom is -0.466 e. The molecule has 1 atom stereocenters. The van der Waals surface area contributed by atoms with E-state index in [1.54, 1.807) is 0 Å². The molecule has 0 saturated heterocycles. The third kappa shape index (κ3) is 2.61. The van der Waals surface area contributed by atoms with E-state index in [0.717, 1.165) is 28.6 Å². The van der Waals surface area contributed by atoms with Crippen molar-refractivity contribution in [2.75, 3.05) is 13.9 Å². The second-order valence-electron chi connectivity index (χ2n) is 6.48. The van der Waals surface area contributed by atoms with Crippen LogP contribution < -0.4 is 14.8 Å². The lowest BCUT2D eigenvalue weighted by Crippen LogP contribution is -2.34. The zero-order valence-corrected chi connectivity index (χ0v) is 16.1. The fourth-order valence-electron chi connectivity index (χ4n) is 3.83. The Bertz CT molecular complexity index is 886. The first-order valence-corrected chi connectivity index (χ1v) is 9.22. The highest BCUT2D eigenvalue weighted by molar-refractivity contribution is 9.10. The topological polar surface area (TPSA) is 73.9 Å². The van der Waals surface area contributed by atoms with Gasteiger partial charge in [0.2, 0.25) is 6.79 Å². The zero-order chi connectivity index (χ0) is 18.4. The van der Waals surface area contributed by atoms with Gasteiger partial charge in [-0.2, -0.15) is 0 Å². The Morgan fingerprint density at radius 2 is 2.00 bits per heavy atom. The molecule has 0 bridgehead atoms. The zero-order valence-electron chi connectivity index (χ0n) is 14.5. The second-order valence-corrected chi connectivity index (χ2v) is 7.34. The van der Waals surface area contributed by atoms with Crippen molar-refractivity contribution in [2.24, 2.45) is 0 Å². The molecule has 0 aromatic heterocycles. The molecule has 26 heavy (non-hydrogen) atoms. The number of hydrogen-bond acceptors (Lipinski definition) is 6. The van der Waals surface area contributed by atoms with E-state index in [1.807, 2.05) is 19.1 Å². The van der Waals surface area contributed by atoms with Crippen molar-refractivity contribution in [1.29, 1.82) is 0 Å². The molecule has 3 aliphatic rings. The Kier molecular flexibility index (Phi) is 4.26. The minimum atomic E-state index is -0.504. The lowest BCUT2D eigenvalue weighted by molar-refractivity contribution is -0.136. The van der Waals surface area contributed by atoms with Gasteiger partial charge in [-0.3, -0.25) is 4.79 Å². The van der Waals surface area contributed by atoms with Crippen LogP contribution in [0, 0.1) is 0 Å². The van der Waals surface area contributed by atoms with Crippen LogP contribution in [0.1, 0.15) is 37.7 Å². The Hall–Kier alpha value is -2.28. The first-order valence-electron chi connectivity index (χ1n) is 8.42. The summed E-state index contributed by atoms with van der Waals surface area (Å²) in [6.07, 6.45) is 2.07. The van der Waals surface area contributed by atoms with Crippen LogP contribution in [0.15, 0.2) is 39.1 Å². The summed E-state index contributed by atoms with van der Waals surface area (Å²) in [5, 5.41) is 3.25. The predicted octanol–water partition coefficient (Wildman–Crippen LogP) is 3.32. The summed E-state index contributed by atoms with van der Waals surface area (Å²) < 4.78 is 16.7. The highest BCUT2D eigenvalue weighted by Crippen LogP contribution is 2.47. The number of halogens is 1. The fourth-order valence-corrected chi connectivity index (χ4v) is 4.38. The van der Waals surface area contributed by atoms with Crippen LogP contribution >= 0.6 is 15.9 Å². The average molecular weight is 420 g/mol. The van der Waals surface area contributed by atoms with E-state index >= 15 is 0 Å². The molecular formula is C19H18BrNO5. The van der Waals surface area contributed by atoms with Gasteiger partial charge in [-0.25, -0.2) is 4.79 Å². The standard InChI is InChI=1S/C19H18BrNO5/c1-9-16(19(23)24-2)17(18-12(21-9)4-3-5-13(18)22)10-6-14-15(7-11(10)20)26-8-25-14/h6-7,17,21H,3-5,8H2,1-2H3/t17-/m1/s1. The van der Waals surface area contributed by atoms with Crippen LogP contribution in [0.4, 0.5) is 0 Å². The molecule has 4 rings (SSSR count). The molecule has 0 radical (unpaired) electrons. The quantitative estimate of drug-likeness (QED) is 0.741. The summed E-state index contributed by atoms with van der Waals surface area (Å²) in [4.78, 5) is 25.3. The van der Waals surface area contributed by atoms with Gasteiger partial charge in [0.25, 0.3) is 0 Å². The molecule has 1 aromatic rings. The average Bonchev–Trinajstić information content (AvgIpc) is 3.06. The Morgan fingerprint density at radius 1 is 1.27 bits per heavy atom. The Balaban J connectivity index is 1.93. The maximum Gasteiger partial charge on any atom is 0.336 e. The van der Waals surface area contributed by atoms with E-state index < -0.39 is 11.9 Å². The predicted molar refractivity (Wildman–Crippen MR) is 96.7 cm³/mol. The van der Waals surface area contributed by atoms with Crippen LogP contribution in [-0.2, 0) is 14.3 Å². The fraction of sp³-hybridized carbons (Fsp3) is 0.368. The monoisotopic (exact) mass is 419 g/mol. The molecule has 136 valence electrons. The molecule has 0 spiro atoms. The number of fused-ring (bicyclic) bond motifs is 1. The van der Waals surface area contributed by atoms with Gasteiger partial charge in [-0.15, -0.1) is 0 Å². The molecule has 0 fully saturated rings. The first-order chi connectivity index (χ1) is 12.5. The van der Waals surface area contributed by atoms with Crippen LogP contribution in [0.3, 0.4) is 0 Å². The number of hydrogen-bond donors (Lipinski definition) is 1. The van der Waals surface area contributed by atoms with Crippen molar-refractivity contribution in [2.45, 2.75) is 32.1 Å². The summed E-state index contributed by atoms with van der Waals surface area (Å²) in [6, 6.07) is 3.66. The van der Waals surface area contributed by atoms with E-state index in [-0.39, 0.29) is 12.6 Å². The number of methoxy groups -OCH3 is 1. The van der Waals surface area contributed by atoms with Crippen molar-refractivity contribution < 1.29 is 23.8 Å². The number of carbonyl (C=O) groups is 2. The van der Waals surface area contributed by atoms with Crippen molar-refractivity contribution in [3.63, 3.8) is 0 Å². The molecule has 1 aliphatic carbocycles. The minimum absolute atomic E-state index is 0.0576. The van der Waals surface area contributed by atoms with Gasteiger partial charge in [0.1, 0.15) is 0 Å². The summed E-state index contributed by atoms with van der Waals surface area (Å²) in [7, 11) is 1.35.